The molecule has 0 aliphatic carbocycles. The summed E-state index contributed by atoms with van der Waals surface area (Å²) in [6, 6.07) is 52.6. The Balaban J connectivity index is 1.28. The molecule has 0 saturated heterocycles. The SMILES string of the molecule is [W]=[C](N=C(N=Cc1ccc2c(c1)oc1ccccc12)c1ccccc1)c1c2ccccc2c(-c2ccccc2)c2ccccc12. The molecule has 0 atom stereocenters. The molecule has 0 radical (unpaired) electrons. The molecule has 4 heteroatoms. The zero-order chi connectivity index (χ0) is 30.2. The Morgan fingerprint density at radius 3 is 1.78 bits per heavy atom. The second-order valence-electron chi connectivity index (χ2n) is 10.9. The van der Waals surface area contributed by atoms with Gasteiger partial charge in [-0.15, -0.1) is 0 Å². The molecule has 3 nitrogen and oxygen atoms in total. The number of aliphatic imine (C=N–C) groups is 2. The van der Waals surface area contributed by atoms with Gasteiger partial charge in [0.25, 0.3) is 0 Å². The van der Waals surface area contributed by atoms with Gasteiger partial charge < -0.3 is 0 Å². The molecule has 0 N–H and O–H groups in total. The summed E-state index contributed by atoms with van der Waals surface area (Å²) in [5.74, 6) is 0.672. The van der Waals surface area contributed by atoms with E-state index in [1.807, 2.05) is 48.7 Å². The van der Waals surface area contributed by atoms with Gasteiger partial charge in [-0.05, 0) is 0 Å². The van der Waals surface area contributed by atoms with Crippen LogP contribution in [0.4, 0.5) is 0 Å². The third kappa shape index (κ3) is 5.06. The molecule has 0 bridgehead atoms. The van der Waals surface area contributed by atoms with Crippen LogP contribution in [0, 0.1) is 0 Å². The van der Waals surface area contributed by atoms with E-state index in [1.54, 1.807) is 0 Å². The van der Waals surface area contributed by atoms with Crippen LogP contribution >= 0.6 is 0 Å². The summed E-state index contributed by atoms with van der Waals surface area (Å²) < 4.78 is 7.13. The first-order chi connectivity index (χ1) is 22.2. The number of hydrogen-bond acceptors (Lipinski definition) is 2. The van der Waals surface area contributed by atoms with Gasteiger partial charge in [-0.2, -0.15) is 0 Å². The van der Waals surface area contributed by atoms with Gasteiger partial charge in [0, 0.05) is 0 Å². The molecule has 0 unspecified atom stereocenters. The second-order valence-corrected chi connectivity index (χ2v) is 12.3. The maximum absolute atomic E-state index is 6.14. The van der Waals surface area contributed by atoms with Crippen LogP contribution in [0.1, 0.15) is 16.7 Å². The van der Waals surface area contributed by atoms with Crippen LogP contribution < -0.4 is 0 Å². The van der Waals surface area contributed by atoms with Gasteiger partial charge in [0.15, 0.2) is 0 Å². The van der Waals surface area contributed by atoms with Crippen LogP contribution in [0.5, 0.6) is 0 Å². The van der Waals surface area contributed by atoms with Crippen molar-refractivity contribution in [2.75, 3.05) is 0 Å². The van der Waals surface area contributed by atoms with E-state index in [0.29, 0.717) is 5.84 Å². The number of rotatable bonds is 5. The number of fused-ring (bicyclic) bond motifs is 5. The van der Waals surface area contributed by atoms with Crippen LogP contribution in [0.25, 0.3) is 54.6 Å². The van der Waals surface area contributed by atoms with Crippen molar-refractivity contribution in [1.29, 1.82) is 0 Å². The monoisotopic (exact) mass is 746 g/mol. The Morgan fingerprint density at radius 2 is 1.09 bits per heavy atom. The number of benzene rings is 7. The van der Waals surface area contributed by atoms with Crippen LogP contribution in [0.15, 0.2) is 166 Å². The van der Waals surface area contributed by atoms with E-state index in [9.17, 15) is 0 Å². The predicted octanol–water partition coefficient (Wildman–Crippen LogP) is 10.2. The van der Waals surface area contributed by atoms with Crippen LogP contribution in [-0.2, 0) is 19.4 Å². The van der Waals surface area contributed by atoms with Crippen molar-refractivity contribution < 1.29 is 23.8 Å². The molecule has 0 aliphatic heterocycles. The van der Waals surface area contributed by atoms with Gasteiger partial charge in [0.2, 0.25) is 0 Å². The maximum atomic E-state index is 6.14. The molecule has 212 valence electrons. The Hall–Kier alpha value is -5.24. The Morgan fingerprint density at radius 1 is 0.533 bits per heavy atom. The molecule has 1 heterocycles. The zero-order valence-electron chi connectivity index (χ0n) is 24.2. The van der Waals surface area contributed by atoms with E-state index >= 15 is 0 Å². The van der Waals surface area contributed by atoms with E-state index in [0.717, 1.165) is 42.7 Å². The first-order valence-electron chi connectivity index (χ1n) is 14.9. The molecule has 0 fully saturated rings. The average Bonchev–Trinajstić information content (AvgIpc) is 3.47. The molecule has 1 aromatic heterocycles. The van der Waals surface area contributed by atoms with Gasteiger partial charge in [0.05, 0.1) is 0 Å². The Bertz CT molecular complexity index is 2380. The topological polar surface area (TPSA) is 37.9 Å². The van der Waals surface area contributed by atoms with Gasteiger partial charge in [-0.3, -0.25) is 0 Å². The van der Waals surface area contributed by atoms with E-state index in [4.69, 9.17) is 14.4 Å². The summed E-state index contributed by atoms with van der Waals surface area (Å²) in [6.45, 7) is 0. The fourth-order valence-corrected chi connectivity index (χ4v) is 7.24. The number of amidine groups is 1. The molecule has 8 rings (SSSR count). The van der Waals surface area contributed by atoms with E-state index in [1.165, 1.54) is 52.0 Å². The first kappa shape index (κ1) is 27.3. The van der Waals surface area contributed by atoms with Crippen LogP contribution in [-0.4, -0.2) is 16.1 Å². The predicted molar refractivity (Wildman–Crippen MR) is 185 cm³/mol. The molecule has 0 aliphatic rings. The normalized spacial score (nSPS) is 12.1. The molecule has 45 heavy (non-hydrogen) atoms. The van der Waals surface area contributed by atoms with Crippen molar-refractivity contribution in [3.63, 3.8) is 0 Å². The zero-order valence-corrected chi connectivity index (χ0v) is 27.2. The summed E-state index contributed by atoms with van der Waals surface area (Å²) in [7, 11) is 0. The summed E-state index contributed by atoms with van der Waals surface area (Å²) in [5.41, 5.74) is 7.27. The van der Waals surface area contributed by atoms with Crippen molar-refractivity contribution in [2.24, 2.45) is 9.98 Å². The van der Waals surface area contributed by atoms with Gasteiger partial charge in [-0.25, -0.2) is 0 Å². The molecular weight excluding hydrogens is 720 g/mol. The third-order valence-corrected chi connectivity index (χ3v) is 9.25. The third-order valence-electron chi connectivity index (χ3n) is 8.19. The van der Waals surface area contributed by atoms with Crippen LogP contribution in [0.2, 0.25) is 0 Å². The Kier molecular flexibility index (Phi) is 7.10. The first-order valence-corrected chi connectivity index (χ1v) is 16.3. The average molecular weight is 747 g/mol. The number of para-hydroxylation sites is 1. The summed E-state index contributed by atoms with van der Waals surface area (Å²) in [5, 5.41) is 7.04. The van der Waals surface area contributed by atoms with Crippen LogP contribution in [0.3, 0.4) is 0 Å². The molecule has 0 spiro atoms. The standard InChI is InChI=1S/C41H26N2O.W/c1-3-13-29(14-4-1)40-35-20-9-7-17-31(35)37(32-18-8-10-21-36(32)40)27-43-41(30-15-5-2-6-16-30)42-26-28-23-24-34-33-19-11-12-22-38(33)44-39(34)25-28;/h1-26H;. The van der Waals surface area contributed by atoms with Gasteiger partial charge in [-0.1, -0.05) is 0 Å². The van der Waals surface area contributed by atoms with Crippen molar-refractivity contribution in [3.05, 3.63) is 168 Å². The number of nitrogens with zero attached hydrogens (tertiary/aromatic N) is 2. The molecule has 7 aromatic carbocycles. The molecule has 0 amide bonds. The molecular formula is C41H26N2OW. The van der Waals surface area contributed by atoms with Crippen molar-refractivity contribution in [3.8, 4) is 11.1 Å². The molecule has 0 saturated carbocycles. The molecule has 8 aromatic rings. The number of furan rings is 1. The van der Waals surface area contributed by atoms with Crippen molar-refractivity contribution >= 4 is 59.6 Å². The van der Waals surface area contributed by atoms with E-state index in [-0.39, 0.29) is 0 Å². The van der Waals surface area contributed by atoms with Crippen molar-refractivity contribution in [2.45, 2.75) is 0 Å². The number of hydrogen-bond donors (Lipinski definition) is 0. The fraction of sp³-hybridized carbons (Fsp3) is 0. The van der Waals surface area contributed by atoms with E-state index in [2.05, 4.69) is 109 Å². The van der Waals surface area contributed by atoms with E-state index < -0.39 is 0 Å². The minimum absolute atomic E-state index is 0.672. The summed E-state index contributed by atoms with van der Waals surface area (Å²) >= 11 is 1.28. The van der Waals surface area contributed by atoms with Crippen molar-refractivity contribution in [1.82, 2.24) is 0 Å². The summed E-state index contributed by atoms with van der Waals surface area (Å²) in [6.07, 6.45) is 1.88. The Labute approximate surface area is 271 Å². The minimum atomic E-state index is 0.672. The quantitative estimate of drug-likeness (QED) is 0.0982. The second kappa shape index (κ2) is 11.7. The van der Waals surface area contributed by atoms with Gasteiger partial charge >= 0.3 is 273 Å². The fourth-order valence-electron chi connectivity index (χ4n) is 6.14. The van der Waals surface area contributed by atoms with Gasteiger partial charge in [0.1, 0.15) is 0 Å². The summed E-state index contributed by atoms with van der Waals surface area (Å²) in [4.78, 5) is 10.3.